The first-order chi connectivity index (χ1) is 8.31. The van der Waals surface area contributed by atoms with E-state index in [2.05, 4.69) is 41.7 Å². The largest absolute Gasteiger partial charge is 0.314 e. The summed E-state index contributed by atoms with van der Waals surface area (Å²) in [7, 11) is 0. The number of piperazine rings is 1. The van der Waals surface area contributed by atoms with Crippen molar-refractivity contribution in [3.63, 3.8) is 0 Å². The number of hydrogen-bond acceptors (Lipinski definition) is 3. The third kappa shape index (κ3) is 2.51. The zero-order valence-corrected chi connectivity index (χ0v) is 11.2. The molecule has 90 valence electrons. The summed E-state index contributed by atoms with van der Waals surface area (Å²) in [5.41, 5.74) is 2.16. The predicted molar refractivity (Wildman–Crippen MR) is 71.0 cm³/mol. The van der Waals surface area contributed by atoms with E-state index in [9.17, 15) is 0 Å². The molecule has 0 amide bonds. The fraction of sp³-hybridized carbons (Fsp3) is 0.417. The van der Waals surface area contributed by atoms with Crippen LogP contribution < -0.4 is 5.32 Å². The van der Waals surface area contributed by atoms with E-state index in [-0.39, 0.29) is 0 Å². The number of fused-ring (bicyclic) bond motifs is 1. The number of nitrogens with zero attached hydrogens (tertiary/aromatic N) is 3. The summed E-state index contributed by atoms with van der Waals surface area (Å²) in [5, 5.41) is 3.36. The predicted octanol–water partition coefficient (Wildman–Crippen LogP) is 1.50. The topological polar surface area (TPSA) is 32.6 Å². The van der Waals surface area contributed by atoms with E-state index >= 15 is 0 Å². The fourth-order valence-electron chi connectivity index (χ4n) is 2.19. The van der Waals surface area contributed by atoms with Crippen LogP contribution in [0.2, 0.25) is 0 Å². The van der Waals surface area contributed by atoms with Gasteiger partial charge in [-0.1, -0.05) is 0 Å². The molecule has 0 aliphatic carbocycles. The van der Waals surface area contributed by atoms with Crippen molar-refractivity contribution < 1.29 is 0 Å². The molecular weight excluding hydrogens is 280 g/mol. The van der Waals surface area contributed by atoms with Gasteiger partial charge in [0.15, 0.2) is 0 Å². The fourth-order valence-corrected chi connectivity index (χ4v) is 2.54. The van der Waals surface area contributed by atoms with Gasteiger partial charge in [-0.15, -0.1) is 0 Å². The Morgan fingerprint density at radius 2 is 2.06 bits per heavy atom. The van der Waals surface area contributed by atoms with Gasteiger partial charge in [0.25, 0.3) is 0 Å². The average Bonchev–Trinajstić information content (AvgIpc) is 2.71. The van der Waals surface area contributed by atoms with Crippen molar-refractivity contribution in [1.29, 1.82) is 0 Å². The highest BCUT2D eigenvalue weighted by Gasteiger charge is 2.11. The molecule has 1 aliphatic heterocycles. The smallest absolute Gasteiger partial charge is 0.137 e. The molecule has 0 atom stereocenters. The van der Waals surface area contributed by atoms with Gasteiger partial charge < -0.3 is 9.72 Å². The first-order valence-corrected chi connectivity index (χ1v) is 6.67. The Labute approximate surface area is 109 Å². The molecule has 1 aliphatic rings. The standard InChI is InChI=1S/C12H15BrN4/c13-10-1-2-12-15-11(9-17(12)7-10)8-16-5-3-14-4-6-16/h1-2,7,9,14H,3-6,8H2. The van der Waals surface area contributed by atoms with E-state index in [4.69, 9.17) is 0 Å². The van der Waals surface area contributed by atoms with Crippen LogP contribution >= 0.6 is 15.9 Å². The Morgan fingerprint density at radius 1 is 1.24 bits per heavy atom. The van der Waals surface area contributed by atoms with Crippen LogP contribution in [0.25, 0.3) is 5.65 Å². The third-order valence-electron chi connectivity index (χ3n) is 3.06. The van der Waals surface area contributed by atoms with Crippen molar-refractivity contribution in [3.05, 3.63) is 34.7 Å². The second-order valence-electron chi connectivity index (χ2n) is 4.37. The number of imidazole rings is 1. The molecule has 17 heavy (non-hydrogen) atoms. The molecule has 2 aromatic rings. The minimum Gasteiger partial charge on any atom is -0.314 e. The molecule has 0 unspecified atom stereocenters. The molecule has 0 spiro atoms. The maximum absolute atomic E-state index is 4.63. The summed E-state index contributed by atoms with van der Waals surface area (Å²) in [6.45, 7) is 5.33. The van der Waals surface area contributed by atoms with Gasteiger partial charge in [-0.05, 0) is 28.1 Å². The van der Waals surface area contributed by atoms with Crippen LogP contribution in [0.15, 0.2) is 29.0 Å². The number of hydrogen-bond donors (Lipinski definition) is 1. The lowest BCUT2D eigenvalue weighted by molar-refractivity contribution is 0.231. The summed E-state index contributed by atoms with van der Waals surface area (Å²) in [6, 6.07) is 4.06. The van der Waals surface area contributed by atoms with E-state index in [0.29, 0.717) is 0 Å². The second kappa shape index (κ2) is 4.76. The quantitative estimate of drug-likeness (QED) is 0.911. The minimum atomic E-state index is 0.945. The highest BCUT2D eigenvalue weighted by Crippen LogP contribution is 2.13. The molecule has 3 rings (SSSR count). The van der Waals surface area contributed by atoms with Crippen molar-refractivity contribution in [2.75, 3.05) is 26.2 Å². The van der Waals surface area contributed by atoms with Gasteiger partial charge in [0.05, 0.1) is 5.69 Å². The van der Waals surface area contributed by atoms with Gasteiger partial charge in [0.1, 0.15) is 5.65 Å². The van der Waals surface area contributed by atoms with E-state index < -0.39 is 0 Å². The molecule has 0 radical (unpaired) electrons. The molecule has 1 fully saturated rings. The number of rotatable bonds is 2. The van der Waals surface area contributed by atoms with Gasteiger partial charge in [0, 0.05) is 49.6 Å². The van der Waals surface area contributed by atoms with Crippen LogP contribution in [0, 0.1) is 0 Å². The van der Waals surface area contributed by atoms with E-state index in [1.807, 2.05) is 18.3 Å². The lowest BCUT2D eigenvalue weighted by Gasteiger charge is -2.26. The van der Waals surface area contributed by atoms with Crippen molar-refractivity contribution in [2.45, 2.75) is 6.54 Å². The summed E-state index contributed by atoms with van der Waals surface area (Å²) in [6.07, 6.45) is 4.16. The summed E-state index contributed by atoms with van der Waals surface area (Å²) in [4.78, 5) is 7.07. The number of halogens is 1. The molecular formula is C12H15BrN4. The molecule has 0 saturated carbocycles. The maximum Gasteiger partial charge on any atom is 0.137 e. The van der Waals surface area contributed by atoms with E-state index in [1.165, 1.54) is 0 Å². The SMILES string of the molecule is Brc1ccc2nc(CN3CCNCC3)cn2c1. The highest BCUT2D eigenvalue weighted by molar-refractivity contribution is 9.10. The van der Waals surface area contributed by atoms with Gasteiger partial charge in [0.2, 0.25) is 0 Å². The van der Waals surface area contributed by atoms with Crippen LogP contribution in [0.1, 0.15) is 5.69 Å². The van der Waals surface area contributed by atoms with Crippen LogP contribution in [0.4, 0.5) is 0 Å². The molecule has 1 N–H and O–H groups in total. The van der Waals surface area contributed by atoms with Crippen LogP contribution in [0.3, 0.4) is 0 Å². The normalized spacial score (nSPS) is 17.7. The highest BCUT2D eigenvalue weighted by atomic mass is 79.9. The van der Waals surface area contributed by atoms with Crippen molar-refractivity contribution in [3.8, 4) is 0 Å². The zero-order chi connectivity index (χ0) is 11.7. The molecule has 3 heterocycles. The van der Waals surface area contributed by atoms with E-state index in [0.717, 1.165) is 48.5 Å². The van der Waals surface area contributed by atoms with Crippen LogP contribution in [-0.2, 0) is 6.54 Å². The number of nitrogens with one attached hydrogen (secondary N) is 1. The number of aromatic nitrogens is 2. The second-order valence-corrected chi connectivity index (χ2v) is 5.29. The lowest BCUT2D eigenvalue weighted by atomic mass is 10.3. The van der Waals surface area contributed by atoms with Crippen LogP contribution in [0.5, 0.6) is 0 Å². The molecule has 0 aromatic carbocycles. The first kappa shape index (κ1) is 11.2. The average molecular weight is 295 g/mol. The summed E-state index contributed by atoms with van der Waals surface area (Å²) in [5.74, 6) is 0. The van der Waals surface area contributed by atoms with Gasteiger partial charge >= 0.3 is 0 Å². The van der Waals surface area contributed by atoms with Crippen molar-refractivity contribution >= 4 is 21.6 Å². The maximum atomic E-state index is 4.63. The van der Waals surface area contributed by atoms with Crippen molar-refractivity contribution in [1.82, 2.24) is 19.6 Å². The Bertz CT molecular complexity index is 516. The molecule has 0 bridgehead atoms. The van der Waals surface area contributed by atoms with Gasteiger partial charge in [-0.3, -0.25) is 4.90 Å². The summed E-state index contributed by atoms with van der Waals surface area (Å²) >= 11 is 3.47. The van der Waals surface area contributed by atoms with Crippen LogP contribution in [-0.4, -0.2) is 40.5 Å². The molecule has 4 nitrogen and oxygen atoms in total. The number of pyridine rings is 1. The molecule has 5 heteroatoms. The monoisotopic (exact) mass is 294 g/mol. The Kier molecular flexibility index (Phi) is 3.13. The van der Waals surface area contributed by atoms with Gasteiger partial charge in [-0.2, -0.15) is 0 Å². The Hall–Kier alpha value is -0.910. The molecule has 1 saturated heterocycles. The Balaban J connectivity index is 1.80. The molecule has 2 aromatic heterocycles. The Morgan fingerprint density at radius 3 is 2.88 bits per heavy atom. The zero-order valence-electron chi connectivity index (χ0n) is 9.56. The lowest BCUT2D eigenvalue weighted by Crippen LogP contribution is -2.42. The minimum absolute atomic E-state index is 0.945. The van der Waals surface area contributed by atoms with Gasteiger partial charge in [-0.25, -0.2) is 4.98 Å². The first-order valence-electron chi connectivity index (χ1n) is 5.87. The van der Waals surface area contributed by atoms with Crippen molar-refractivity contribution in [2.24, 2.45) is 0 Å². The van der Waals surface area contributed by atoms with E-state index in [1.54, 1.807) is 0 Å². The third-order valence-corrected chi connectivity index (χ3v) is 3.53. The summed E-state index contributed by atoms with van der Waals surface area (Å²) < 4.78 is 3.15.